The number of hydrogen-bond acceptors (Lipinski definition) is 39. The van der Waals surface area contributed by atoms with E-state index in [0.717, 1.165) is 107 Å². The molecule has 0 aromatic heterocycles. The van der Waals surface area contributed by atoms with Crippen molar-refractivity contribution in [1.29, 1.82) is 0 Å². The molecule has 0 radical (unpaired) electrons. The molecule has 0 bridgehead atoms. The molecule has 3 rings (SSSR count). The summed E-state index contributed by atoms with van der Waals surface area (Å²) in [7, 11) is 1.36. The Morgan fingerprint density at radius 3 is 0.811 bits per heavy atom. The summed E-state index contributed by atoms with van der Waals surface area (Å²) in [6.45, 7) is 9.70. The van der Waals surface area contributed by atoms with E-state index in [4.69, 9.17) is 104 Å². The quantitative estimate of drug-likeness (QED) is 0.0217. The third-order valence-corrected chi connectivity index (χ3v) is 18.4. The average Bonchev–Trinajstić information content (AvgIpc) is 0.796. The number of carbonyl (C=O) groups is 17. The summed E-state index contributed by atoms with van der Waals surface area (Å²) in [5, 5.41) is 19.0. The van der Waals surface area contributed by atoms with Crippen LogP contribution in [0.15, 0.2) is 0 Å². The Kier molecular flexibility index (Phi) is 55.8. The van der Waals surface area contributed by atoms with Gasteiger partial charge < -0.3 is 141 Å². The van der Waals surface area contributed by atoms with Crippen LogP contribution in [0.2, 0.25) is 0 Å². The van der Waals surface area contributed by atoms with Crippen molar-refractivity contribution in [1.82, 2.24) is 37.2 Å². The number of nitrogens with one attached hydrogen (secondary N) is 7. The van der Waals surface area contributed by atoms with Crippen LogP contribution in [-0.2, 0) is 186 Å². The van der Waals surface area contributed by atoms with Crippen LogP contribution in [0.25, 0.3) is 0 Å². The van der Waals surface area contributed by atoms with Crippen molar-refractivity contribution < 1.29 is 186 Å². The second kappa shape index (κ2) is 63.5. The van der Waals surface area contributed by atoms with E-state index < -0.39 is 212 Å². The molecule has 7 amide bonds. The molecule has 7 N–H and O–H groups in total. The third kappa shape index (κ3) is 49.0. The Hall–Kier alpha value is -9.49. The Morgan fingerprint density at radius 2 is 0.551 bits per heavy atom. The van der Waals surface area contributed by atoms with Crippen molar-refractivity contribution >= 4 is 101 Å². The smallest absolute Gasteiger partial charge is 0.305 e. The molecule has 3 heterocycles. The van der Waals surface area contributed by atoms with Gasteiger partial charge in [0.2, 0.25) is 41.4 Å². The van der Waals surface area contributed by atoms with Gasteiger partial charge in [0.05, 0.1) is 106 Å². The lowest BCUT2D eigenvalue weighted by molar-refractivity contribution is -0.279. The summed E-state index contributed by atoms with van der Waals surface area (Å²) in [5.41, 5.74) is -1.52. The second-order valence-electron chi connectivity index (χ2n) is 29.7. The largest absolute Gasteiger partial charge is 0.469 e. The number of esters is 10. The first kappa shape index (κ1) is 112. The fourth-order valence-corrected chi connectivity index (χ4v) is 13.1. The van der Waals surface area contributed by atoms with Crippen molar-refractivity contribution in [3.8, 4) is 0 Å². The normalized spacial score (nSPS) is 22.3. The molecule has 0 aromatic rings. The molecule has 46 nitrogen and oxygen atoms in total. The number of amides is 7. The maximum absolute atomic E-state index is 14.1. The highest BCUT2D eigenvalue weighted by Gasteiger charge is 2.55. The van der Waals surface area contributed by atoms with E-state index in [0.29, 0.717) is 19.3 Å². The molecule has 3 saturated heterocycles. The molecule has 9 unspecified atom stereocenters. The summed E-state index contributed by atoms with van der Waals surface area (Å²) in [6.07, 6.45) is -8.46. The van der Waals surface area contributed by atoms with E-state index in [1.807, 2.05) is 0 Å². The third-order valence-electron chi connectivity index (χ3n) is 18.4. The number of hydrogen-bond donors (Lipinski definition) is 7. The Bertz CT molecular complexity index is 3140. The first-order chi connectivity index (χ1) is 60.4. The molecule has 3 aliphatic heterocycles. The fraction of sp³-hybridized carbons (Fsp3) is 0.790. The van der Waals surface area contributed by atoms with Gasteiger partial charge in [0, 0.05) is 135 Å². The molecule has 46 heteroatoms. The summed E-state index contributed by atoms with van der Waals surface area (Å²) < 4.78 is 124. The second-order valence-corrected chi connectivity index (χ2v) is 29.7. The van der Waals surface area contributed by atoms with E-state index in [9.17, 15) is 81.5 Å². The lowest BCUT2D eigenvalue weighted by Crippen LogP contribution is -2.66. The molecule has 15 atom stereocenters. The maximum atomic E-state index is 14.1. The van der Waals surface area contributed by atoms with Crippen LogP contribution >= 0.6 is 0 Å². The fourth-order valence-electron chi connectivity index (χ4n) is 13.1. The van der Waals surface area contributed by atoms with Crippen LogP contribution < -0.4 is 37.2 Å². The highest BCUT2D eigenvalue weighted by Crippen LogP contribution is 2.32. The molecule has 0 aromatic carbocycles. The minimum absolute atomic E-state index is 0.00165. The zero-order valence-corrected chi connectivity index (χ0v) is 74.8. The lowest BCUT2D eigenvalue weighted by atomic mass is 9.96. The highest BCUT2D eigenvalue weighted by molar-refractivity contribution is 5.79. The first-order valence-corrected chi connectivity index (χ1v) is 42.1. The van der Waals surface area contributed by atoms with Crippen molar-refractivity contribution in [2.24, 2.45) is 0 Å². The van der Waals surface area contributed by atoms with E-state index in [1.54, 1.807) is 0 Å². The van der Waals surface area contributed by atoms with E-state index in [1.165, 1.54) is 27.9 Å². The molecule has 724 valence electrons. The van der Waals surface area contributed by atoms with Gasteiger partial charge in [-0.3, -0.25) is 81.5 Å². The minimum Gasteiger partial charge on any atom is -0.469 e. The number of carbonyl (C=O) groups excluding carboxylic acids is 17. The average molecular weight is 1830 g/mol. The standard InChI is InChI=1S/C81H131N7O39/c1-49(89)85-69-75(122-58(10)98)72(119-55(7)95)61(43-116-52(4)92)125-78(69)113-40-37-107-34-28-82-64(101)25-31-110-46-81(88-67(104)23-21-19-17-15-14-16-18-20-22-24-68(105)106-13,47-111-32-26-65(102)83-29-35-108-38-41-114-79-70(86-50(2)90)76(123-59(11)99)73(120-56(8)96)62(126-79)44-117-53(5)93)48-112-33-27-66(103)84-30-36-109-39-42-115-80-71(87-51(3)91)77(124-60(12)100)74(121-57(9)97)63(127-80)45-118-54(6)94/h61-63,69-80H,14-48H2,1-13H3,(H,82,101)(H,83,102)(H,84,103)(H,85,89)(H,86,90)(H,87,91)(H,88,104)/t61?,62?,63?,69?,70?,71?,72-,73-,74-,75?,76?,77?,78+,79+,80+,81?/m0/s1. The van der Waals surface area contributed by atoms with Crippen LogP contribution in [0.1, 0.15) is 173 Å². The summed E-state index contributed by atoms with van der Waals surface area (Å²) >= 11 is 0. The predicted molar refractivity (Wildman–Crippen MR) is 431 cm³/mol. The monoisotopic (exact) mass is 1830 g/mol. The predicted octanol–water partition coefficient (Wildman–Crippen LogP) is -1.06. The van der Waals surface area contributed by atoms with Crippen LogP contribution in [0, 0.1) is 0 Å². The van der Waals surface area contributed by atoms with Gasteiger partial charge in [-0.05, 0) is 12.8 Å². The molecular formula is C81H131N7O39. The highest BCUT2D eigenvalue weighted by atomic mass is 16.7. The zero-order chi connectivity index (χ0) is 94.2. The Labute approximate surface area is 737 Å². The Balaban J connectivity index is 1.77. The van der Waals surface area contributed by atoms with Crippen molar-refractivity contribution in [3.05, 3.63) is 0 Å². The molecule has 127 heavy (non-hydrogen) atoms. The van der Waals surface area contributed by atoms with Crippen LogP contribution in [0.5, 0.6) is 0 Å². The van der Waals surface area contributed by atoms with Crippen molar-refractivity contribution in [2.45, 2.75) is 270 Å². The van der Waals surface area contributed by atoms with Crippen LogP contribution in [0.3, 0.4) is 0 Å². The molecule has 3 fully saturated rings. The van der Waals surface area contributed by atoms with Gasteiger partial charge in [0.15, 0.2) is 55.5 Å². The first-order valence-electron chi connectivity index (χ1n) is 42.1. The van der Waals surface area contributed by atoms with E-state index in [2.05, 4.69) is 37.2 Å². The Morgan fingerprint density at radius 1 is 0.283 bits per heavy atom. The van der Waals surface area contributed by atoms with Gasteiger partial charge in [-0.1, -0.05) is 44.9 Å². The molecule has 0 saturated carbocycles. The van der Waals surface area contributed by atoms with Gasteiger partial charge in [0.1, 0.15) is 61.8 Å². The number of rotatable bonds is 64. The lowest BCUT2D eigenvalue weighted by Gasteiger charge is -2.44. The molecule has 0 spiro atoms. The van der Waals surface area contributed by atoms with Gasteiger partial charge in [-0.25, -0.2) is 0 Å². The maximum Gasteiger partial charge on any atom is 0.305 e. The summed E-state index contributed by atoms with van der Waals surface area (Å²) in [6, 6.07) is -3.66. The van der Waals surface area contributed by atoms with E-state index >= 15 is 0 Å². The summed E-state index contributed by atoms with van der Waals surface area (Å²) in [4.78, 5) is 212. The molecule has 0 aliphatic carbocycles. The number of methoxy groups -OCH3 is 1. The molecular weight excluding hydrogens is 1690 g/mol. The SMILES string of the molecule is COC(=O)CCCCCCCCCCCC(=O)NC(COCCC(=O)NCCOCCO[C@@H]1OC(COC(C)=O)[C@H](OC(C)=O)C(OC(C)=O)C1NC(C)=O)(COCCC(=O)NCCOCCO[C@@H]1OC(COC(C)=O)[C@H](OC(C)=O)C(OC(C)=O)C1NC(C)=O)COCCC(=O)NCCOCCO[C@@H]1OC(COC(C)=O)[C@H](OC(C)=O)C(OC(C)=O)C1NC(C)=O. The van der Waals surface area contributed by atoms with Gasteiger partial charge in [-0.15, -0.1) is 0 Å². The number of ether oxygens (including phenoxy) is 22. The van der Waals surface area contributed by atoms with Gasteiger partial charge >= 0.3 is 59.7 Å². The van der Waals surface area contributed by atoms with Crippen LogP contribution in [-0.4, -0.2) is 344 Å². The van der Waals surface area contributed by atoms with Crippen molar-refractivity contribution in [3.63, 3.8) is 0 Å². The molecule has 3 aliphatic rings. The zero-order valence-electron chi connectivity index (χ0n) is 74.8. The van der Waals surface area contributed by atoms with Crippen LogP contribution in [0.4, 0.5) is 0 Å². The summed E-state index contributed by atoms with van der Waals surface area (Å²) in [5.74, 6) is -10.7. The number of unbranched alkanes of at least 4 members (excludes halogenated alkanes) is 8. The topological polar surface area (TPSA) is 577 Å². The van der Waals surface area contributed by atoms with E-state index in [-0.39, 0.29) is 150 Å². The van der Waals surface area contributed by atoms with Crippen molar-refractivity contribution in [2.75, 3.05) is 146 Å². The van der Waals surface area contributed by atoms with Gasteiger partial charge in [0.25, 0.3) is 0 Å². The van der Waals surface area contributed by atoms with Gasteiger partial charge in [-0.2, -0.15) is 0 Å². The minimum atomic E-state index is -1.52.